The van der Waals surface area contributed by atoms with Crippen molar-refractivity contribution in [1.29, 1.82) is 0 Å². The van der Waals surface area contributed by atoms with Gasteiger partial charge in [0.2, 0.25) is 0 Å². The Morgan fingerprint density at radius 1 is 1.58 bits per heavy atom. The Kier molecular flexibility index (Phi) is 5.30. The summed E-state index contributed by atoms with van der Waals surface area (Å²) < 4.78 is 5.61. The minimum atomic E-state index is -0.416. The van der Waals surface area contributed by atoms with E-state index in [1.807, 2.05) is 0 Å². The molecule has 1 aliphatic rings. The quantitative estimate of drug-likeness (QED) is 0.404. The molecule has 2 nitrogen and oxygen atoms in total. The summed E-state index contributed by atoms with van der Waals surface area (Å²) >= 11 is 3.93. The van der Waals surface area contributed by atoms with Crippen LogP contribution in [0.4, 0.5) is 0 Å². The molecular formula is C8H18O2SSi. The lowest BCUT2D eigenvalue weighted by atomic mass is 10.2. The minimum absolute atomic E-state index is 0.108. The van der Waals surface area contributed by atoms with Crippen LogP contribution in [0.15, 0.2) is 0 Å². The standard InChI is InChI=1S/C8H18O2SSi/c9-7(11)4-6-12-8-3-1-2-5-10-8/h7-9,11H,1-6,12H2. The molecule has 2 unspecified atom stereocenters. The van der Waals surface area contributed by atoms with E-state index in [1.165, 1.54) is 19.3 Å². The molecule has 4 heteroatoms. The van der Waals surface area contributed by atoms with Crippen molar-refractivity contribution in [2.45, 2.75) is 42.9 Å². The summed E-state index contributed by atoms with van der Waals surface area (Å²) in [6, 6.07) is 1.16. The Bertz CT molecular complexity index is 116. The Morgan fingerprint density at radius 2 is 2.42 bits per heavy atom. The number of rotatable bonds is 4. The number of hydrogen-bond acceptors (Lipinski definition) is 3. The van der Waals surface area contributed by atoms with Gasteiger partial charge in [-0.05, 0) is 25.7 Å². The van der Waals surface area contributed by atoms with E-state index in [0.717, 1.165) is 19.1 Å². The van der Waals surface area contributed by atoms with E-state index in [4.69, 9.17) is 9.84 Å². The molecule has 0 amide bonds. The van der Waals surface area contributed by atoms with Gasteiger partial charge in [-0.25, -0.2) is 0 Å². The lowest BCUT2D eigenvalue weighted by Gasteiger charge is -2.22. The molecule has 1 aliphatic heterocycles. The predicted molar refractivity (Wildman–Crippen MR) is 56.6 cm³/mol. The van der Waals surface area contributed by atoms with Crippen molar-refractivity contribution in [3.63, 3.8) is 0 Å². The summed E-state index contributed by atoms with van der Waals surface area (Å²) in [5, 5.41) is 8.93. The van der Waals surface area contributed by atoms with E-state index < -0.39 is 5.44 Å². The van der Waals surface area contributed by atoms with Gasteiger partial charge in [-0.15, -0.1) is 12.6 Å². The van der Waals surface area contributed by atoms with Crippen LogP contribution in [0.25, 0.3) is 0 Å². The van der Waals surface area contributed by atoms with Gasteiger partial charge in [0.15, 0.2) is 0 Å². The molecule has 1 N–H and O–H groups in total. The second-order valence-corrected chi connectivity index (χ2v) is 6.19. The van der Waals surface area contributed by atoms with Crippen LogP contribution in [0.1, 0.15) is 25.7 Å². The number of aliphatic hydroxyl groups excluding tert-OH is 1. The van der Waals surface area contributed by atoms with Crippen LogP contribution >= 0.6 is 12.6 Å². The molecule has 0 aliphatic carbocycles. The first-order valence-corrected chi connectivity index (χ1v) is 7.10. The summed E-state index contributed by atoms with van der Waals surface area (Å²) in [6.07, 6.45) is 4.67. The summed E-state index contributed by atoms with van der Waals surface area (Å²) in [6.45, 7) is 0.959. The summed E-state index contributed by atoms with van der Waals surface area (Å²) in [7, 11) is -0.108. The van der Waals surface area contributed by atoms with Gasteiger partial charge in [0.1, 0.15) is 0 Å². The second kappa shape index (κ2) is 6.02. The van der Waals surface area contributed by atoms with Crippen molar-refractivity contribution in [3.8, 4) is 0 Å². The number of aliphatic hydroxyl groups is 1. The second-order valence-electron chi connectivity index (χ2n) is 3.40. The Labute approximate surface area is 81.9 Å². The van der Waals surface area contributed by atoms with Crippen molar-refractivity contribution in [3.05, 3.63) is 0 Å². The molecule has 2 atom stereocenters. The van der Waals surface area contributed by atoms with E-state index in [2.05, 4.69) is 12.6 Å². The fourth-order valence-electron chi connectivity index (χ4n) is 1.56. The average Bonchev–Trinajstić information content (AvgIpc) is 2.05. The van der Waals surface area contributed by atoms with Crippen molar-refractivity contribution < 1.29 is 9.84 Å². The largest absolute Gasteiger partial charge is 0.383 e. The topological polar surface area (TPSA) is 29.5 Å². The van der Waals surface area contributed by atoms with E-state index in [-0.39, 0.29) is 9.52 Å². The summed E-state index contributed by atoms with van der Waals surface area (Å²) in [5.74, 6) is 0. The molecule has 1 rings (SSSR count). The molecule has 0 aromatic rings. The first kappa shape index (κ1) is 10.6. The Balaban J connectivity index is 1.98. The Hall–Kier alpha value is 0.487. The summed E-state index contributed by atoms with van der Waals surface area (Å²) in [4.78, 5) is 0. The maximum absolute atomic E-state index is 8.93. The maximum Gasteiger partial charge on any atom is 0.0961 e. The predicted octanol–water partition coefficient (Wildman–Crippen LogP) is 0.738. The van der Waals surface area contributed by atoms with Gasteiger partial charge < -0.3 is 9.84 Å². The highest BCUT2D eigenvalue weighted by molar-refractivity contribution is 7.80. The first-order chi connectivity index (χ1) is 5.79. The third-order valence-corrected chi connectivity index (χ3v) is 4.63. The van der Waals surface area contributed by atoms with Crippen LogP contribution in [0.5, 0.6) is 0 Å². The van der Waals surface area contributed by atoms with E-state index in [1.54, 1.807) is 0 Å². The molecule has 0 aromatic carbocycles. The number of hydrogen-bond donors (Lipinski definition) is 2. The lowest BCUT2D eigenvalue weighted by Crippen LogP contribution is -2.25. The van der Waals surface area contributed by atoms with E-state index in [9.17, 15) is 0 Å². The van der Waals surface area contributed by atoms with E-state index in [0.29, 0.717) is 5.73 Å². The first-order valence-electron chi connectivity index (χ1n) is 4.77. The maximum atomic E-state index is 8.93. The van der Waals surface area contributed by atoms with Crippen LogP contribution in [-0.2, 0) is 4.74 Å². The zero-order chi connectivity index (χ0) is 8.81. The molecule has 1 heterocycles. The van der Waals surface area contributed by atoms with Gasteiger partial charge in [-0.1, -0.05) is 6.04 Å². The zero-order valence-electron chi connectivity index (χ0n) is 7.41. The van der Waals surface area contributed by atoms with Gasteiger partial charge >= 0.3 is 0 Å². The Morgan fingerprint density at radius 3 is 3.00 bits per heavy atom. The fraction of sp³-hybridized carbons (Fsp3) is 1.00. The zero-order valence-corrected chi connectivity index (χ0v) is 9.72. The highest BCUT2D eigenvalue weighted by atomic mass is 32.1. The number of ether oxygens (including phenoxy) is 1. The summed E-state index contributed by atoms with van der Waals surface area (Å²) in [5.41, 5.74) is 0.173. The lowest BCUT2D eigenvalue weighted by molar-refractivity contribution is 0.0648. The highest BCUT2D eigenvalue weighted by Gasteiger charge is 2.13. The van der Waals surface area contributed by atoms with Gasteiger partial charge in [0.25, 0.3) is 0 Å². The van der Waals surface area contributed by atoms with Gasteiger partial charge in [-0.3, -0.25) is 0 Å². The molecule has 0 saturated carbocycles. The normalized spacial score (nSPS) is 28.0. The molecule has 1 saturated heterocycles. The molecule has 0 bridgehead atoms. The van der Waals surface area contributed by atoms with Crippen LogP contribution < -0.4 is 0 Å². The minimum Gasteiger partial charge on any atom is -0.383 e. The van der Waals surface area contributed by atoms with Crippen molar-refractivity contribution >= 4 is 22.1 Å². The van der Waals surface area contributed by atoms with Gasteiger partial charge in [0.05, 0.1) is 15.0 Å². The molecular weight excluding hydrogens is 188 g/mol. The highest BCUT2D eigenvalue weighted by Crippen LogP contribution is 2.13. The van der Waals surface area contributed by atoms with Gasteiger partial charge in [0, 0.05) is 12.3 Å². The number of thiol groups is 1. The molecule has 0 radical (unpaired) electrons. The van der Waals surface area contributed by atoms with Crippen LogP contribution in [0.3, 0.4) is 0 Å². The SMILES string of the molecule is OC(S)CC[SiH2]C1CCCCO1. The third kappa shape index (κ3) is 4.50. The van der Waals surface area contributed by atoms with Crippen LogP contribution in [0, 0.1) is 0 Å². The van der Waals surface area contributed by atoms with Crippen molar-refractivity contribution in [2.24, 2.45) is 0 Å². The monoisotopic (exact) mass is 206 g/mol. The molecule has 72 valence electrons. The van der Waals surface area contributed by atoms with Crippen LogP contribution in [-0.4, -0.2) is 32.4 Å². The average molecular weight is 206 g/mol. The third-order valence-electron chi connectivity index (χ3n) is 2.26. The molecule has 12 heavy (non-hydrogen) atoms. The van der Waals surface area contributed by atoms with Crippen molar-refractivity contribution in [2.75, 3.05) is 6.61 Å². The van der Waals surface area contributed by atoms with E-state index >= 15 is 0 Å². The smallest absolute Gasteiger partial charge is 0.0961 e. The molecule has 1 fully saturated rings. The fourth-order valence-corrected chi connectivity index (χ4v) is 4.08. The molecule has 0 spiro atoms. The van der Waals surface area contributed by atoms with Gasteiger partial charge in [-0.2, -0.15) is 0 Å². The molecule has 0 aromatic heterocycles. The van der Waals surface area contributed by atoms with Crippen LogP contribution in [0.2, 0.25) is 6.04 Å². The van der Waals surface area contributed by atoms with Crippen molar-refractivity contribution in [1.82, 2.24) is 0 Å².